The molecule has 0 fully saturated rings. The highest BCUT2D eigenvalue weighted by molar-refractivity contribution is 6.32. The van der Waals surface area contributed by atoms with E-state index in [2.05, 4.69) is 17.5 Å². The molecule has 210 valence electrons. The summed E-state index contributed by atoms with van der Waals surface area (Å²) >= 11 is 6.72. The molecule has 0 spiro atoms. The van der Waals surface area contributed by atoms with Crippen LogP contribution in [0.25, 0.3) is 11.1 Å². The molecule has 5 nitrogen and oxygen atoms in total. The Morgan fingerprint density at radius 2 is 1.93 bits per heavy atom. The first kappa shape index (κ1) is 28.6. The number of fused-ring (bicyclic) bond motifs is 1. The first-order chi connectivity index (χ1) is 20.1. The van der Waals surface area contributed by atoms with Crippen LogP contribution in [0.5, 0.6) is 11.5 Å². The SMILES string of the molecule is N#CC1=C/CC\C=C/C(COc2cc(O[C@H]3CCc4c(-c5ccccc5F)cccc43)c(Cl)cc2CNCCO)=C\1. The summed E-state index contributed by atoms with van der Waals surface area (Å²) in [7, 11) is 0. The molecule has 0 saturated heterocycles. The van der Waals surface area contributed by atoms with Crippen molar-refractivity contribution < 1.29 is 19.0 Å². The average molecular weight is 571 g/mol. The minimum Gasteiger partial charge on any atom is -0.488 e. The van der Waals surface area contributed by atoms with Gasteiger partial charge in [0.15, 0.2) is 0 Å². The Hall–Kier alpha value is -3.89. The summed E-state index contributed by atoms with van der Waals surface area (Å²) in [6, 6.07) is 18.6. The van der Waals surface area contributed by atoms with E-state index in [-0.39, 0.29) is 25.1 Å². The minimum atomic E-state index is -0.243. The molecule has 0 aliphatic heterocycles. The molecule has 2 N–H and O–H groups in total. The van der Waals surface area contributed by atoms with E-state index in [4.69, 9.17) is 21.1 Å². The number of benzene rings is 3. The number of ether oxygens (including phenoxy) is 2. The number of nitrogens with one attached hydrogen (secondary N) is 1. The van der Waals surface area contributed by atoms with Crippen LogP contribution in [0.4, 0.5) is 4.39 Å². The molecule has 3 aromatic rings. The van der Waals surface area contributed by atoms with Crippen LogP contribution in [0.2, 0.25) is 5.02 Å². The van der Waals surface area contributed by atoms with Crippen molar-refractivity contribution in [2.45, 2.75) is 38.3 Å². The molecule has 1 atom stereocenters. The van der Waals surface area contributed by atoms with E-state index in [1.807, 2.05) is 54.6 Å². The van der Waals surface area contributed by atoms with Crippen LogP contribution in [0.3, 0.4) is 0 Å². The normalized spacial score (nSPS) is 19.5. The van der Waals surface area contributed by atoms with Gasteiger partial charge >= 0.3 is 0 Å². The lowest BCUT2D eigenvalue weighted by molar-refractivity contribution is 0.206. The number of aliphatic hydroxyl groups excluding tert-OH is 1. The largest absolute Gasteiger partial charge is 0.488 e. The van der Waals surface area contributed by atoms with Gasteiger partial charge in [-0.05, 0) is 66.2 Å². The number of nitriles is 1. The number of aliphatic hydroxyl groups is 1. The maximum absolute atomic E-state index is 14.6. The molecule has 0 aromatic heterocycles. The Kier molecular flexibility index (Phi) is 9.53. The van der Waals surface area contributed by atoms with Gasteiger partial charge in [0.2, 0.25) is 0 Å². The van der Waals surface area contributed by atoms with Crippen LogP contribution >= 0.6 is 11.6 Å². The lowest BCUT2D eigenvalue weighted by atomic mass is 9.96. The molecule has 41 heavy (non-hydrogen) atoms. The lowest BCUT2D eigenvalue weighted by Gasteiger charge is -2.20. The molecule has 0 bridgehead atoms. The fraction of sp³-hybridized carbons (Fsp3) is 0.265. The van der Waals surface area contributed by atoms with E-state index in [0.717, 1.165) is 53.5 Å². The molecule has 0 amide bonds. The summed E-state index contributed by atoms with van der Waals surface area (Å²) in [5, 5.41) is 22.3. The van der Waals surface area contributed by atoms with Crippen LogP contribution < -0.4 is 14.8 Å². The van der Waals surface area contributed by atoms with E-state index >= 15 is 0 Å². The van der Waals surface area contributed by atoms with Crippen LogP contribution in [0, 0.1) is 17.1 Å². The molecule has 0 unspecified atom stereocenters. The first-order valence-corrected chi connectivity index (χ1v) is 14.2. The van der Waals surface area contributed by atoms with E-state index in [0.29, 0.717) is 40.7 Å². The van der Waals surface area contributed by atoms with Gasteiger partial charge < -0.3 is 19.9 Å². The average Bonchev–Trinajstić information content (AvgIpc) is 3.38. The third kappa shape index (κ3) is 6.89. The summed E-state index contributed by atoms with van der Waals surface area (Å²) in [4.78, 5) is 0. The van der Waals surface area contributed by atoms with Crippen molar-refractivity contribution in [2.75, 3.05) is 19.8 Å². The van der Waals surface area contributed by atoms with Crippen molar-refractivity contribution in [1.29, 1.82) is 5.26 Å². The third-order valence-electron chi connectivity index (χ3n) is 7.26. The second-order valence-electron chi connectivity index (χ2n) is 10.0. The van der Waals surface area contributed by atoms with Gasteiger partial charge in [-0.1, -0.05) is 66.2 Å². The predicted molar refractivity (Wildman–Crippen MR) is 159 cm³/mol. The quantitative estimate of drug-likeness (QED) is 0.248. The van der Waals surface area contributed by atoms with Gasteiger partial charge in [0.05, 0.1) is 17.7 Å². The van der Waals surface area contributed by atoms with Gasteiger partial charge in [0.1, 0.15) is 30.0 Å². The highest BCUT2D eigenvalue weighted by Gasteiger charge is 2.28. The standard InChI is InChI=1S/C34H32ClFN2O3/c35-30-18-25(21-38-15-16-39)33(40-22-24-8-3-1-2-7-23(17-24)20-37)19-34(30)41-32-14-13-27-26(10-6-11-29(27)32)28-9-4-5-12-31(28)36/h3-12,17-19,32,38-39H,1-2,13-16,21-22H2/b8-3-,23-7+,24-17+/t32-/m0/s1. The molecule has 2 aliphatic rings. The number of hydrogen-bond donors (Lipinski definition) is 2. The van der Waals surface area contributed by atoms with E-state index < -0.39 is 0 Å². The van der Waals surface area contributed by atoms with Gasteiger partial charge in [-0.2, -0.15) is 5.26 Å². The monoisotopic (exact) mass is 570 g/mol. The van der Waals surface area contributed by atoms with Gasteiger partial charge in [-0.25, -0.2) is 4.39 Å². The number of halogens is 2. The van der Waals surface area contributed by atoms with E-state index in [1.54, 1.807) is 12.1 Å². The molecule has 0 heterocycles. The first-order valence-electron chi connectivity index (χ1n) is 13.8. The van der Waals surface area contributed by atoms with Crippen LogP contribution in [-0.4, -0.2) is 24.9 Å². The van der Waals surface area contributed by atoms with Crippen LogP contribution in [0.1, 0.15) is 42.1 Å². The van der Waals surface area contributed by atoms with Crippen molar-refractivity contribution >= 4 is 11.6 Å². The molecular formula is C34H32ClFN2O3. The second-order valence-corrected chi connectivity index (χ2v) is 10.5. The highest BCUT2D eigenvalue weighted by Crippen LogP contribution is 2.43. The maximum atomic E-state index is 14.6. The Labute approximate surface area is 245 Å². The summed E-state index contributed by atoms with van der Waals surface area (Å²) in [6.45, 7) is 1.17. The van der Waals surface area contributed by atoms with Gasteiger partial charge in [0.25, 0.3) is 0 Å². The zero-order valence-electron chi connectivity index (χ0n) is 22.7. The Morgan fingerprint density at radius 1 is 1.07 bits per heavy atom. The van der Waals surface area contributed by atoms with Gasteiger partial charge in [-0.3, -0.25) is 0 Å². The topological polar surface area (TPSA) is 74.5 Å². The summed E-state index contributed by atoms with van der Waals surface area (Å²) in [5.41, 5.74) is 5.92. The van der Waals surface area contributed by atoms with E-state index in [9.17, 15) is 14.8 Å². The van der Waals surface area contributed by atoms with Crippen molar-refractivity contribution in [3.63, 3.8) is 0 Å². The Balaban J connectivity index is 1.41. The molecule has 5 rings (SSSR count). The fourth-order valence-electron chi connectivity index (χ4n) is 5.27. The maximum Gasteiger partial charge on any atom is 0.142 e. The third-order valence-corrected chi connectivity index (χ3v) is 7.56. The van der Waals surface area contributed by atoms with Crippen LogP contribution in [0.15, 0.2) is 90.0 Å². The molecule has 3 aromatic carbocycles. The molecular weight excluding hydrogens is 539 g/mol. The van der Waals surface area contributed by atoms with E-state index in [1.165, 1.54) is 6.07 Å². The summed E-state index contributed by atoms with van der Waals surface area (Å²) in [5.74, 6) is 0.862. The molecule has 0 saturated carbocycles. The van der Waals surface area contributed by atoms with Gasteiger partial charge in [0, 0.05) is 35.9 Å². The second kappa shape index (κ2) is 13.6. The zero-order valence-corrected chi connectivity index (χ0v) is 23.5. The predicted octanol–water partition coefficient (Wildman–Crippen LogP) is 7.40. The number of hydrogen-bond acceptors (Lipinski definition) is 5. The summed E-state index contributed by atoms with van der Waals surface area (Å²) < 4.78 is 27.4. The molecule has 2 aliphatic carbocycles. The highest BCUT2D eigenvalue weighted by atomic mass is 35.5. The summed E-state index contributed by atoms with van der Waals surface area (Å²) in [6.07, 6.45) is 10.8. The fourth-order valence-corrected chi connectivity index (χ4v) is 5.50. The molecule has 0 radical (unpaired) electrons. The number of rotatable bonds is 10. The number of nitrogens with zero attached hydrogens (tertiary/aromatic N) is 1. The van der Waals surface area contributed by atoms with Crippen molar-refractivity contribution in [3.05, 3.63) is 118 Å². The van der Waals surface area contributed by atoms with Crippen molar-refractivity contribution in [1.82, 2.24) is 5.32 Å². The van der Waals surface area contributed by atoms with Crippen LogP contribution in [-0.2, 0) is 13.0 Å². The Morgan fingerprint density at radius 3 is 2.76 bits per heavy atom. The Bertz CT molecular complexity index is 1540. The molecule has 7 heteroatoms. The zero-order chi connectivity index (χ0) is 28.6. The lowest BCUT2D eigenvalue weighted by Crippen LogP contribution is -2.18. The van der Waals surface area contributed by atoms with Gasteiger partial charge in [-0.15, -0.1) is 0 Å². The van der Waals surface area contributed by atoms with Crippen molar-refractivity contribution in [3.8, 4) is 28.7 Å². The smallest absolute Gasteiger partial charge is 0.142 e. The number of allylic oxidation sites excluding steroid dienone is 4. The van der Waals surface area contributed by atoms with Crippen molar-refractivity contribution in [2.24, 2.45) is 0 Å². The minimum absolute atomic E-state index is 0.0159.